The lowest BCUT2D eigenvalue weighted by Crippen LogP contribution is -2.26. The highest BCUT2D eigenvalue weighted by Gasteiger charge is 2.21. The molecule has 0 aromatic rings. The van der Waals surface area contributed by atoms with Gasteiger partial charge in [-0.2, -0.15) is 0 Å². The van der Waals surface area contributed by atoms with Gasteiger partial charge in [-0.15, -0.1) is 0 Å². The van der Waals surface area contributed by atoms with Gasteiger partial charge in [0.05, 0.1) is 5.60 Å². The predicted octanol–water partition coefficient (Wildman–Crippen LogP) is 2.73. The summed E-state index contributed by atoms with van der Waals surface area (Å²) in [6, 6.07) is 0. The molecule has 0 saturated carbocycles. The zero-order chi connectivity index (χ0) is 8.74. The van der Waals surface area contributed by atoms with Gasteiger partial charge < -0.3 is 5.11 Å². The summed E-state index contributed by atoms with van der Waals surface area (Å²) in [6.45, 7) is 4.49. The largest absolute Gasteiger partial charge is 0.390 e. The maximum absolute atomic E-state index is 9.89. The summed E-state index contributed by atoms with van der Waals surface area (Å²) in [5, 5.41) is 9.89. The van der Waals surface area contributed by atoms with Crippen LogP contribution in [0.15, 0.2) is 0 Å². The summed E-state index contributed by atoms with van der Waals surface area (Å²) in [4.78, 5) is 0. The molecule has 1 nitrogen and oxygen atoms in total. The molecule has 0 amide bonds. The van der Waals surface area contributed by atoms with Crippen molar-refractivity contribution in [2.24, 2.45) is 0 Å². The summed E-state index contributed by atoms with van der Waals surface area (Å²) in [5.41, 5.74) is -0.536. The first-order valence-electron chi connectivity index (χ1n) is 4.91. The van der Waals surface area contributed by atoms with E-state index in [0.717, 1.165) is 25.7 Å². The van der Waals surface area contributed by atoms with Crippen LogP contribution in [0, 0.1) is 0 Å². The molecule has 0 unspecified atom stereocenters. The molecule has 0 rings (SSSR count). The van der Waals surface area contributed by atoms with Gasteiger partial charge in [0.2, 0.25) is 0 Å². The molecule has 0 spiro atoms. The molecule has 0 fully saturated rings. The van der Waals surface area contributed by atoms with Crippen LogP contribution in [0.5, 0.6) is 0 Å². The van der Waals surface area contributed by atoms with Crippen molar-refractivity contribution in [3.8, 4) is 0 Å². The minimum Gasteiger partial charge on any atom is -0.390 e. The summed E-state index contributed by atoms with van der Waals surface area (Å²) in [6.07, 6.45) is 4.35. The van der Waals surface area contributed by atoms with Crippen molar-refractivity contribution in [3.05, 3.63) is 0 Å². The Kier molecular flexibility index (Phi) is 3.81. The lowest BCUT2D eigenvalue weighted by Gasteiger charge is -2.25. The lowest BCUT2D eigenvalue weighted by atomic mass is 9.90. The molecule has 0 aliphatic heterocycles. The average Bonchev–Trinajstić information content (AvgIpc) is 1.88. The quantitative estimate of drug-likeness (QED) is 0.630. The highest BCUT2D eigenvalue weighted by Crippen LogP contribution is 2.22. The Hall–Kier alpha value is -0.0400. The third-order valence-electron chi connectivity index (χ3n) is 1.90. The van der Waals surface area contributed by atoms with Crippen LogP contribution in [0.1, 0.15) is 54.2 Å². The van der Waals surface area contributed by atoms with Crippen LogP contribution in [-0.4, -0.2) is 10.7 Å². The molecule has 0 radical (unpaired) electrons. The van der Waals surface area contributed by atoms with Crippen LogP contribution >= 0.6 is 0 Å². The molecular formula is C9H20O. The van der Waals surface area contributed by atoms with Crippen molar-refractivity contribution in [1.29, 1.82) is 0 Å². The van der Waals surface area contributed by atoms with Gasteiger partial charge in [-0.05, 0) is 19.3 Å². The van der Waals surface area contributed by atoms with Crippen LogP contribution in [0.3, 0.4) is 0 Å². The molecule has 0 aliphatic carbocycles. The third kappa shape index (κ3) is 3.21. The van der Waals surface area contributed by atoms with Crippen LogP contribution in [-0.2, 0) is 0 Å². The number of hydrogen-bond acceptors (Lipinski definition) is 1. The maximum atomic E-state index is 9.89. The van der Waals surface area contributed by atoms with Crippen LogP contribution in [0.4, 0.5) is 0 Å². The molecule has 0 aromatic heterocycles. The Morgan fingerprint density at radius 3 is 2.10 bits per heavy atom. The van der Waals surface area contributed by atoms with E-state index in [9.17, 15) is 5.11 Å². The van der Waals surface area contributed by atoms with E-state index in [2.05, 4.69) is 13.8 Å². The molecule has 0 saturated heterocycles. The van der Waals surface area contributed by atoms with Crippen LogP contribution in [0.25, 0.3) is 0 Å². The van der Waals surface area contributed by atoms with E-state index in [1.54, 1.807) is 0 Å². The maximum Gasteiger partial charge on any atom is 0.0645 e. The monoisotopic (exact) mass is 145 g/mol. The van der Waals surface area contributed by atoms with E-state index in [-0.39, 0.29) is 0 Å². The van der Waals surface area contributed by atoms with E-state index in [0.29, 0.717) is 13.3 Å². The Bertz CT molecular complexity index is 76.5. The number of hydrogen-bond donors (Lipinski definition) is 1. The van der Waals surface area contributed by atoms with Crippen LogP contribution < -0.4 is 0 Å². The molecule has 0 aromatic carbocycles. The Morgan fingerprint density at radius 1 is 1.30 bits per heavy atom. The number of aliphatic hydroxyl groups is 1. The van der Waals surface area contributed by atoms with Crippen molar-refractivity contribution in [3.63, 3.8) is 0 Å². The molecule has 10 heavy (non-hydrogen) atoms. The number of rotatable bonds is 5. The molecule has 1 N–H and O–H groups in total. The third-order valence-corrected chi connectivity index (χ3v) is 1.90. The lowest BCUT2D eigenvalue weighted by molar-refractivity contribution is 0.0176. The fourth-order valence-corrected chi connectivity index (χ4v) is 1.31. The smallest absolute Gasteiger partial charge is 0.0645 e. The van der Waals surface area contributed by atoms with Gasteiger partial charge in [0.25, 0.3) is 0 Å². The average molecular weight is 145 g/mol. The molecule has 0 bridgehead atoms. The molecular weight excluding hydrogens is 124 g/mol. The van der Waals surface area contributed by atoms with Gasteiger partial charge in [-0.25, -0.2) is 0 Å². The van der Waals surface area contributed by atoms with Crippen molar-refractivity contribution in [2.75, 3.05) is 0 Å². The molecule has 0 heterocycles. The topological polar surface area (TPSA) is 20.2 Å². The molecule has 62 valence electrons. The molecule has 0 atom stereocenters. The Morgan fingerprint density at radius 2 is 1.80 bits per heavy atom. The summed E-state index contributed by atoms with van der Waals surface area (Å²) in [5.74, 6) is 0. The van der Waals surface area contributed by atoms with Gasteiger partial charge >= 0.3 is 0 Å². The fraction of sp³-hybridized carbons (Fsp3) is 1.00. The second kappa shape index (κ2) is 4.73. The summed E-state index contributed by atoms with van der Waals surface area (Å²) in [7, 11) is 0. The highest BCUT2D eigenvalue weighted by atomic mass is 16.3. The minimum atomic E-state index is -0.536. The van der Waals surface area contributed by atoms with E-state index >= 15 is 0 Å². The molecule has 0 aliphatic rings. The Labute approximate surface area is 65.9 Å². The van der Waals surface area contributed by atoms with Gasteiger partial charge in [0.15, 0.2) is 0 Å². The normalized spacial score (nSPS) is 13.3. The standard InChI is InChI=1S/C9H20O/c1-4-7-9(10,6-3)8-5-2/h10H,4-8H2,1-3H3/i3D. The minimum absolute atomic E-state index is 0.344. The zero-order valence-electron chi connectivity index (χ0n) is 8.19. The van der Waals surface area contributed by atoms with Gasteiger partial charge in [-0.1, -0.05) is 33.6 Å². The first kappa shape index (κ1) is 8.06. The van der Waals surface area contributed by atoms with E-state index in [1.807, 2.05) is 0 Å². The van der Waals surface area contributed by atoms with Crippen molar-refractivity contribution < 1.29 is 6.48 Å². The first-order valence-corrected chi connectivity index (χ1v) is 4.20. The first-order chi connectivity index (χ1) is 5.18. The van der Waals surface area contributed by atoms with Crippen LogP contribution in [0.2, 0.25) is 0 Å². The predicted molar refractivity (Wildman–Crippen MR) is 45.1 cm³/mol. The fourth-order valence-electron chi connectivity index (χ4n) is 1.31. The van der Waals surface area contributed by atoms with Crippen molar-refractivity contribution in [1.82, 2.24) is 0 Å². The van der Waals surface area contributed by atoms with E-state index in [1.165, 1.54) is 0 Å². The highest BCUT2D eigenvalue weighted by molar-refractivity contribution is 4.74. The second-order valence-corrected chi connectivity index (χ2v) is 2.97. The van der Waals surface area contributed by atoms with Crippen molar-refractivity contribution >= 4 is 0 Å². The second-order valence-electron chi connectivity index (χ2n) is 2.97. The summed E-state index contributed by atoms with van der Waals surface area (Å²) >= 11 is 0. The SMILES string of the molecule is [2H]CCC(O)(CCC)CCC. The van der Waals surface area contributed by atoms with Gasteiger partial charge in [-0.3, -0.25) is 0 Å². The van der Waals surface area contributed by atoms with Crippen molar-refractivity contribution in [2.45, 2.75) is 58.5 Å². The van der Waals surface area contributed by atoms with Gasteiger partial charge in [0, 0.05) is 1.37 Å². The summed E-state index contributed by atoms with van der Waals surface area (Å²) < 4.78 is 7.06. The van der Waals surface area contributed by atoms with Gasteiger partial charge in [0.1, 0.15) is 0 Å². The van der Waals surface area contributed by atoms with E-state index in [4.69, 9.17) is 1.37 Å². The molecule has 1 heteroatoms. The van der Waals surface area contributed by atoms with E-state index < -0.39 is 5.60 Å². The Balaban J connectivity index is 3.79. The zero-order valence-corrected chi connectivity index (χ0v) is 7.19.